The van der Waals surface area contributed by atoms with Crippen molar-refractivity contribution in [2.45, 2.75) is 26.3 Å². The zero-order valence-electron chi connectivity index (χ0n) is 8.96. The smallest absolute Gasteiger partial charge is 0.152 e. The molecule has 1 N–H and O–H groups in total. The molecule has 0 atom stereocenters. The van der Waals surface area contributed by atoms with Gasteiger partial charge in [-0.25, -0.2) is 0 Å². The standard InChI is InChI=1S/C11H15BrN2O/c1-8(2)13-7-11(15)5-10-4-3-9(12)6-14-10/h3-4,6,8,13H,5,7H2,1-2H3. The number of nitrogens with one attached hydrogen (secondary N) is 1. The number of nitrogens with zero attached hydrogens (tertiary/aromatic N) is 1. The van der Waals surface area contributed by atoms with Crippen LogP contribution in [-0.4, -0.2) is 23.4 Å². The summed E-state index contributed by atoms with van der Waals surface area (Å²) in [4.78, 5) is 15.6. The van der Waals surface area contributed by atoms with Crippen LogP contribution in [0.5, 0.6) is 0 Å². The van der Waals surface area contributed by atoms with E-state index in [2.05, 4.69) is 26.2 Å². The van der Waals surface area contributed by atoms with Crippen LogP contribution in [-0.2, 0) is 11.2 Å². The van der Waals surface area contributed by atoms with Gasteiger partial charge in [0.25, 0.3) is 0 Å². The predicted octanol–water partition coefficient (Wildman–Crippen LogP) is 1.95. The van der Waals surface area contributed by atoms with E-state index in [1.807, 2.05) is 26.0 Å². The second-order valence-electron chi connectivity index (χ2n) is 3.72. The van der Waals surface area contributed by atoms with Crippen LogP contribution in [0, 0.1) is 0 Å². The molecule has 0 amide bonds. The maximum atomic E-state index is 11.5. The van der Waals surface area contributed by atoms with Gasteiger partial charge in [-0.2, -0.15) is 0 Å². The number of carbonyl (C=O) groups is 1. The molecule has 0 saturated heterocycles. The Morgan fingerprint density at radius 3 is 2.80 bits per heavy atom. The number of carbonyl (C=O) groups excluding carboxylic acids is 1. The van der Waals surface area contributed by atoms with Crippen LogP contribution >= 0.6 is 15.9 Å². The molecule has 0 aromatic carbocycles. The van der Waals surface area contributed by atoms with Gasteiger partial charge in [0.15, 0.2) is 5.78 Å². The van der Waals surface area contributed by atoms with Gasteiger partial charge in [-0.1, -0.05) is 13.8 Å². The summed E-state index contributed by atoms with van der Waals surface area (Å²) in [5, 5.41) is 3.09. The minimum absolute atomic E-state index is 0.165. The monoisotopic (exact) mass is 270 g/mol. The van der Waals surface area contributed by atoms with Crippen molar-refractivity contribution < 1.29 is 4.79 Å². The summed E-state index contributed by atoms with van der Waals surface area (Å²) in [6.45, 7) is 4.45. The van der Waals surface area contributed by atoms with Gasteiger partial charge in [0, 0.05) is 22.4 Å². The highest BCUT2D eigenvalue weighted by Crippen LogP contribution is 2.07. The predicted molar refractivity (Wildman–Crippen MR) is 63.8 cm³/mol. The Bertz CT molecular complexity index is 322. The lowest BCUT2D eigenvalue weighted by Gasteiger charge is -2.06. The zero-order valence-corrected chi connectivity index (χ0v) is 10.5. The molecule has 15 heavy (non-hydrogen) atoms. The van der Waals surface area contributed by atoms with Crippen molar-refractivity contribution in [2.24, 2.45) is 0 Å². The number of hydrogen-bond donors (Lipinski definition) is 1. The molecule has 0 unspecified atom stereocenters. The topological polar surface area (TPSA) is 42.0 Å². The van der Waals surface area contributed by atoms with Gasteiger partial charge in [-0.05, 0) is 28.1 Å². The van der Waals surface area contributed by atoms with E-state index in [0.717, 1.165) is 10.2 Å². The van der Waals surface area contributed by atoms with Gasteiger partial charge in [0.05, 0.1) is 13.0 Å². The summed E-state index contributed by atoms with van der Waals surface area (Å²) in [7, 11) is 0. The van der Waals surface area contributed by atoms with Crippen LogP contribution in [0.15, 0.2) is 22.8 Å². The van der Waals surface area contributed by atoms with E-state index in [9.17, 15) is 4.79 Å². The van der Waals surface area contributed by atoms with Crippen molar-refractivity contribution in [3.8, 4) is 0 Å². The third-order valence-corrected chi connectivity index (χ3v) is 2.34. The van der Waals surface area contributed by atoms with E-state index in [4.69, 9.17) is 0 Å². The lowest BCUT2D eigenvalue weighted by atomic mass is 10.2. The molecule has 0 saturated carbocycles. The molecular formula is C11H15BrN2O. The van der Waals surface area contributed by atoms with Crippen LogP contribution in [0.3, 0.4) is 0 Å². The molecule has 1 heterocycles. The lowest BCUT2D eigenvalue weighted by molar-refractivity contribution is -0.117. The molecule has 1 aromatic heterocycles. The van der Waals surface area contributed by atoms with Crippen molar-refractivity contribution in [3.05, 3.63) is 28.5 Å². The molecule has 82 valence electrons. The second-order valence-corrected chi connectivity index (χ2v) is 4.63. The van der Waals surface area contributed by atoms with Crippen LogP contribution in [0.1, 0.15) is 19.5 Å². The summed E-state index contributed by atoms with van der Waals surface area (Å²) in [5.41, 5.74) is 0.814. The maximum absolute atomic E-state index is 11.5. The van der Waals surface area contributed by atoms with Gasteiger partial charge >= 0.3 is 0 Å². The number of ketones is 1. The summed E-state index contributed by atoms with van der Waals surface area (Å²) in [5.74, 6) is 0.165. The summed E-state index contributed by atoms with van der Waals surface area (Å²) in [6.07, 6.45) is 2.10. The molecule has 0 fully saturated rings. The molecule has 0 spiro atoms. The van der Waals surface area contributed by atoms with E-state index in [-0.39, 0.29) is 5.78 Å². The molecule has 0 radical (unpaired) electrons. The van der Waals surface area contributed by atoms with Crippen LogP contribution < -0.4 is 5.32 Å². The van der Waals surface area contributed by atoms with E-state index in [0.29, 0.717) is 19.0 Å². The van der Waals surface area contributed by atoms with Gasteiger partial charge < -0.3 is 5.32 Å². The first-order chi connectivity index (χ1) is 7.08. The minimum atomic E-state index is 0.165. The number of aromatic nitrogens is 1. The van der Waals surface area contributed by atoms with Gasteiger partial charge in [-0.3, -0.25) is 9.78 Å². The van der Waals surface area contributed by atoms with Crippen molar-refractivity contribution in [1.82, 2.24) is 10.3 Å². The number of hydrogen-bond acceptors (Lipinski definition) is 3. The van der Waals surface area contributed by atoms with E-state index >= 15 is 0 Å². The zero-order chi connectivity index (χ0) is 11.3. The highest BCUT2D eigenvalue weighted by atomic mass is 79.9. The molecule has 1 aromatic rings. The highest BCUT2D eigenvalue weighted by molar-refractivity contribution is 9.10. The first-order valence-electron chi connectivity index (χ1n) is 4.93. The normalized spacial score (nSPS) is 10.7. The Kier molecular flexibility index (Phi) is 4.91. The van der Waals surface area contributed by atoms with Crippen molar-refractivity contribution in [3.63, 3.8) is 0 Å². The molecule has 0 aliphatic heterocycles. The van der Waals surface area contributed by atoms with E-state index in [1.165, 1.54) is 0 Å². The first kappa shape index (κ1) is 12.3. The van der Waals surface area contributed by atoms with Crippen molar-refractivity contribution in [2.75, 3.05) is 6.54 Å². The van der Waals surface area contributed by atoms with Crippen LogP contribution in [0.4, 0.5) is 0 Å². The van der Waals surface area contributed by atoms with Crippen molar-refractivity contribution >= 4 is 21.7 Å². The Morgan fingerprint density at radius 1 is 1.53 bits per heavy atom. The molecule has 1 rings (SSSR count). The summed E-state index contributed by atoms with van der Waals surface area (Å²) < 4.78 is 0.930. The first-order valence-corrected chi connectivity index (χ1v) is 5.72. The fraction of sp³-hybridized carbons (Fsp3) is 0.455. The molecular weight excluding hydrogens is 256 g/mol. The SMILES string of the molecule is CC(C)NCC(=O)Cc1ccc(Br)cn1. The molecule has 4 heteroatoms. The van der Waals surface area contributed by atoms with Crippen molar-refractivity contribution in [1.29, 1.82) is 0 Å². The summed E-state index contributed by atoms with van der Waals surface area (Å²) >= 11 is 3.30. The fourth-order valence-corrected chi connectivity index (χ4v) is 1.33. The number of pyridine rings is 1. The molecule has 0 bridgehead atoms. The average Bonchev–Trinajstić information content (AvgIpc) is 2.19. The maximum Gasteiger partial charge on any atom is 0.152 e. The van der Waals surface area contributed by atoms with Gasteiger partial charge in [0.2, 0.25) is 0 Å². The van der Waals surface area contributed by atoms with E-state index in [1.54, 1.807) is 6.20 Å². The third kappa shape index (κ3) is 5.04. The molecule has 3 nitrogen and oxygen atoms in total. The van der Waals surface area contributed by atoms with E-state index < -0.39 is 0 Å². The summed E-state index contributed by atoms with van der Waals surface area (Å²) in [6, 6.07) is 4.09. The highest BCUT2D eigenvalue weighted by Gasteiger charge is 2.05. The molecule has 0 aliphatic rings. The fourth-order valence-electron chi connectivity index (χ4n) is 1.09. The quantitative estimate of drug-likeness (QED) is 0.890. The third-order valence-electron chi connectivity index (χ3n) is 1.87. The Morgan fingerprint density at radius 2 is 2.27 bits per heavy atom. The Hall–Kier alpha value is -0.740. The minimum Gasteiger partial charge on any atom is -0.308 e. The Labute approximate surface area is 98.4 Å². The second kappa shape index (κ2) is 5.98. The molecule has 0 aliphatic carbocycles. The number of halogens is 1. The van der Waals surface area contributed by atoms with Gasteiger partial charge in [-0.15, -0.1) is 0 Å². The number of rotatable bonds is 5. The number of Topliss-reactive ketones (excluding diaryl/α,β-unsaturated/α-hetero) is 1. The lowest BCUT2D eigenvalue weighted by Crippen LogP contribution is -2.30. The average molecular weight is 271 g/mol. The Balaban J connectivity index is 2.41. The van der Waals surface area contributed by atoms with Gasteiger partial charge in [0.1, 0.15) is 0 Å². The van der Waals surface area contributed by atoms with Crippen LogP contribution in [0.25, 0.3) is 0 Å². The largest absolute Gasteiger partial charge is 0.308 e. The van der Waals surface area contributed by atoms with Crippen LogP contribution in [0.2, 0.25) is 0 Å².